The van der Waals surface area contributed by atoms with Gasteiger partial charge < -0.3 is 11.0 Å². The Labute approximate surface area is 49.1 Å². The Morgan fingerprint density at radius 1 is 0.750 bits per heavy atom. The Hall–Kier alpha value is 0.985. The van der Waals surface area contributed by atoms with Crippen molar-refractivity contribution in [2.45, 2.75) is 0 Å². The first-order chi connectivity index (χ1) is 0. The summed E-state index contributed by atoms with van der Waals surface area (Å²) in [6.07, 6.45) is 0. The number of hydrogen-bond acceptors (Lipinski definition) is 0. The Balaban J connectivity index is 0. The van der Waals surface area contributed by atoms with Crippen molar-refractivity contribution in [1.29, 1.82) is 0 Å². The van der Waals surface area contributed by atoms with Gasteiger partial charge in [0.15, 0.2) is 0 Å². The van der Waals surface area contributed by atoms with Gasteiger partial charge >= 0.3 is 29.6 Å². The molecule has 0 aromatic heterocycles. The predicted molar refractivity (Wildman–Crippen MR) is 18.6 cm³/mol. The van der Waals surface area contributed by atoms with Gasteiger partial charge in [-0.25, -0.2) is 0 Å². The summed E-state index contributed by atoms with van der Waals surface area (Å²) in [5.41, 5.74) is 0. The molecular weight excluding hydrogens is 65.8 g/mol. The minimum Gasteiger partial charge on any atom is -0.412 e. The quantitative estimate of drug-likeness (QED) is 0.257. The molecule has 0 radical (unpaired) electrons. The topological polar surface area (TPSA) is 63.0 Å². The van der Waals surface area contributed by atoms with E-state index in [0.29, 0.717) is 0 Å². The SMILES string of the molecule is O.O.[BH4-].[Na+]. The second-order valence-electron chi connectivity index (χ2n) is 0. The van der Waals surface area contributed by atoms with Crippen LogP contribution in [0.4, 0.5) is 0 Å². The fraction of sp³-hybridized carbons (Fsp3) is 0. The summed E-state index contributed by atoms with van der Waals surface area (Å²) < 4.78 is 0. The molecular formula is H8BNaO2. The summed E-state index contributed by atoms with van der Waals surface area (Å²) >= 11 is 0. The molecule has 0 fully saturated rings. The zero-order chi connectivity index (χ0) is 0. The molecule has 4 N–H and O–H groups in total. The van der Waals surface area contributed by atoms with Gasteiger partial charge in [0, 0.05) is 0 Å². The Morgan fingerprint density at radius 2 is 0.750 bits per heavy atom. The Kier molecular flexibility index (Phi) is 747. The third kappa shape index (κ3) is 12.1. The first-order valence-electron chi connectivity index (χ1n) is 0. The largest absolute Gasteiger partial charge is 1.00 e. The smallest absolute Gasteiger partial charge is 0.412 e. The molecule has 24 valence electrons. The number of rotatable bonds is 0. The standard InChI is InChI=1S/BH4.Na.2H2O/h1H4;;2*1H2/q-1;+1;;. The van der Waals surface area contributed by atoms with Crippen LogP contribution in [0.25, 0.3) is 0 Å². The molecule has 0 aliphatic heterocycles. The summed E-state index contributed by atoms with van der Waals surface area (Å²) in [6.45, 7) is 0. The zero-order valence-electron chi connectivity index (χ0n) is 2.00. The fourth-order valence-electron chi connectivity index (χ4n) is 0. The van der Waals surface area contributed by atoms with Gasteiger partial charge in [0.2, 0.25) is 0 Å². The van der Waals surface area contributed by atoms with Crippen LogP contribution in [0.3, 0.4) is 0 Å². The molecule has 0 saturated carbocycles. The van der Waals surface area contributed by atoms with Crippen molar-refractivity contribution in [3.8, 4) is 0 Å². The van der Waals surface area contributed by atoms with Gasteiger partial charge in [0.25, 0.3) is 0 Å². The van der Waals surface area contributed by atoms with Gasteiger partial charge in [0.1, 0.15) is 0 Å². The summed E-state index contributed by atoms with van der Waals surface area (Å²) in [7, 11) is 0. The molecule has 0 atom stereocenters. The van der Waals surface area contributed by atoms with Gasteiger partial charge in [-0.1, -0.05) is 8.41 Å². The Morgan fingerprint density at radius 3 is 0.750 bits per heavy atom. The van der Waals surface area contributed by atoms with Crippen molar-refractivity contribution in [2.24, 2.45) is 0 Å². The van der Waals surface area contributed by atoms with E-state index in [1.165, 1.54) is 0 Å². The van der Waals surface area contributed by atoms with E-state index in [9.17, 15) is 0 Å². The van der Waals surface area contributed by atoms with Crippen LogP contribution in [0.5, 0.6) is 0 Å². The molecule has 0 spiro atoms. The molecule has 4 heteroatoms. The molecule has 0 aliphatic rings. The average Bonchev–Trinajstić information content (AvgIpc) is 0. The van der Waals surface area contributed by atoms with Gasteiger partial charge in [0.05, 0.1) is 0 Å². The maximum absolute atomic E-state index is 0. The second-order valence-corrected chi connectivity index (χ2v) is 0. The average molecular weight is 73.9 g/mol. The maximum atomic E-state index is 0. The van der Waals surface area contributed by atoms with E-state index in [4.69, 9.17) is 0 Å². The first kappa shape index (κ1) is 81.6. The van der Waals surface area contributed by atoms with E-state index >= 15 is 0 Å². The van der Waals surface area contributed by atoms with Crippen LogP contribution in [-0.4, -0.2) is 19.4 Å². The summed E-state index contributed by atoms with van der Waals surface area (Å²) in [6, 6.07) is 0. The van der Waals surface area contributed by atoms with Gasteiger partial charge in [-0.2, -0.15) is 0 Å². The van der Waals surface area contributed by atoms with E-state index in [1.807, 2.05) is 0 Å². The summed E-state index contributed by atoms with van der Waals surface area (Å²) in [5.74, 6) is 0. The van der Waals surface area contributed by atoms with Crippen LogP contribution < -0.4 is 29.6 Å². The molecule has 0 aromatic carbocycles. The van der Waals surface area contributed by atoms with Crippen molar-refractivity contribution in [2.75, 3.05) is 0 Å². The fourth-order valence-corrected chi connectivity index (χ4v) is 0. The monoisotopic (exact) mass is 74.1 g/mol. The Bertz CT molecular complexity index is 6.00. The van der Waals surface area contributed by atoms with Crippen molar-refractivity contribution in [1.82, 2.24) is 0 Å². The number of hydrogen-bond donors (Lipinski definition) is 0. The van der Waals surface area contributed by atoms with Crippen LogP contribution in [0, 0.1) is 0 Å². The normalized spacial score (nSPS) is 0. The molecule has 0 rings (SSSR count). The van der Waals surface area contributed by atoms with Crippen molar-refractivity contribution < 1.29 is 40.5 Å². The van der Waals surface area contributed by atoms with E-state index in [1.54, 1.807) is 0 Å². The van der Waals surface area contributed by atoms with E-state index in [2.05, 4.69) is 0 Å². The molecule has 0 aromatic rings. The summed E-state index contributed by atoms with van der Waals surface area (Å²) in [4.78, 5) is 0. The van der Waals surface area contributed by atoms with Gasteiger partial charge in [-0.15, -0.1) is 0 Å². The molecule has 0 unspecified atom stereocenters. The van der Waals surface area contributed by atoms with E-state index < -0.39 is 0 Å². The minimum absolute atomic E-state index is 0. The van der Waals surface area contributed by atoms with Crippen LogP contribution in [0.1, 0.15) is 0 Å². The van der Waals surface area contributed by atoms with Gasteiger partial charge in [-0.3, -0.25) is 0 Å². The van der Waals surface area contributed by atoms with Crippen molar-refractivity contribution in [3.63, 3.8) is 0 Å². The molecule has 0 bridgehead atoms. The molecule has 0 saturated heterocycles. The minimum atomic E-state index is 0. The second kappa shape index (κ2) is 36.6. The first-order valence-corrected chi connectivity index (χ1v) is 0. The van der Waals surface area contributed by atoms with E-state index in [-0.39, 0.29) is 48.9 Å². The van der Waals surface area contributed by atoms with Gasteiger partial charge in [-0.05, 0) is 0 Å². The molecule has 0 heterocycles. The van der Waals surface area contributed by atoms with Crippen LogP contribution in [-0.2, 0) is 0 Å². The molecule has 0 aliphatic carbocycles. The third-order valence-electron chi connectivity index (χ3n) is 0. The van der Waals surface area contributed by atoms with Crippen LogP contribution in [0.2, 0.25) is 0 Å². The molecule has 0 amide bonds. The third-order valence-corrected chi connectivity index (χ3v) is 0. The molecule has 4 heavy (non-hydrogen) atoms. The van der Waals surface area contributed by atoms with Crippen LogP contribution >= 0.6 is 0 Å². The predicted octanol–water partition coefficient (Wildman–Crippen LogP) is -6.10. The van der Waals surface area contributed by atoms with Crippen LogP contribution in [0.15, 0.2) is 0 Å². The van der Waals surface area contributed by atoms with E-state index in [0.717, 1.165) is 0 Å². The summed E-state index contributed by atoms with van der Waals surface area (Å²) in [5, 5.41) is 0. The zero-order valence-corrected chi connectivity index (χ0v) is 4.00. The van der Waals surface area contributed by atoms with Crippen molar-refractivity contribution >= 4 is 8.41 Å². The van der Waals surface area contributed by atoms with Crippen molar-refractivity contribution in [3.05, 3.63) is 0 Å². The maximum Gasteiger partial charge on any atom is 1.00 e. The molecule has 2 nitrogen and oxygen atoms in total.